The van der Waals surface area contributed by atoms with E-state index in [-0.39, 0.29) is 13.0 Å². The van der Waals surface area contributed by atoms with Crippen molar-refractivity contribution >= 4 is 13.8 Å². The highest BCUT2D eigenvalue weighted by atomic mass is 31.2. The number of phosphoric acid groups is 1. The van der Waals surface area contributed by atoms with Crippen LogP contribution in [0.3, 0.4) is 0 Å². The number of allylic oxidation sites excluding steroid dienone is 14. The van der Waals surface area contributed by atoms with Crippen molar-refractivity contribution in [2.75, 3.05) is 19.8 Å². The van der Waals surface area contributed by atoms with Gasteiger partial charge in [-0.1, -0.05) is 170 Å². The molecule has 1 aliphatic carbocycles. The van der Waals surface area contributed by atoms with E-state index in [1.165, 1.54) is 70.6 Å². The maximum absolute atomic E-state index is 12.8. The first-order chi connectivity index (χ1) is 31.0. The molecule has 1 saturated carbocycles. The fourth-order valence-corrected chi connectivity index (χ4v) is 7.88. The van der Waals surface area contributed by atoms with Crippen molar-refractivity contribution in [3.05, 3.63) is 85.1 Å². The van der Waals surface area contributed by atoms with Crippen LogP contribution in [-0.2, 0) is 27.9 Å². The normalized spacial score (nSPS) is 22.4. The first-order valence-corrected chi connectivity index (χ1v) is 25.9. The first kappa shape index (κ1) is 59.5. The number of aliphatic hydroxyl groups is 5. The second-order valence-electron chi connectivity index (χ2n) is 16.6. The van der Waals surface area contributed by atoms with Gasteiger partial charge in [-0.25, -0.2) is 4.57 Å². The van der Waals surface area contributed by atoms with Crippen molar-refractivity contribution in [2.24, 2.45) is 0 Å². The Morgan fingerprint density at radius 1 is 0.516 bits per heavy atom. The molecule has 0 aromatic rings. The molecular formula is C51H87O12P. The molecule has 6 atom stereocenters. The van der Waals surface area contributed by atoms with Crippen molar-refractivity contribution < 1.29 is 58.3 Å². The molecule has 0 amide bonds. The quantitative estimate of drug-likeness (QED) is 0.0148. The molecule has 0 saturated heterocycles. The van der Waals surface area contributed by atoms with E-state index < -0.39 is 63.1 Å². The molecule has 13 heteroatoms. The molecule has 6 unspecified atom stereocenters. The number of carbonyl (C=O) groups excluding carboxylic acids is 1. The van der Waals surface area contributed by atoms with Gasteiger partial charge in [0, 0.05) is 13.0 Å². The Labute approximate surface area is 386 Å². The van der Waals surface area contributed by atoms with E-state index in [0.29, 0.717) is 19.4 Å². The fraction of sp³-hybridized carbons (Fsp3) is 0.706. The molecule has 0 bridgehead atoms. The lowest BCUT2D eigenvalue weighted by atomic mass is 9.85. The number of esters is 1. The van der Waals surface area contributed by atoms with Gasteiger partial charge < -0.3 is 39.9 Å². The third kappa shape index (κ3) is 32.2. The molecule has 1 rings (SSSR count). The van der Waals surface area contributed by atoms with Crippen molar-refractivity contribution in [1.82, 2.24) is 0 Å². The monoisotopic (exact) mass is 923 g/mol. The lowest BCUT2D eigenvalue weighted by molar-refractivity contribution is -0.220. The van der Waals surface area contributed by atoms with Crippen LogP contribution in [0.4, 0.5) is 0 Å². The van der Waals surface area contributed by atoms with Gasteiger partial charge in [-0.15, -0.1) is 0 Å². The topological polar surface area (TPSA) is 192 Å². The van der Waals surface area contributed by atoms with Gasteiger partial charge in [0.25, 0.3) is 0 Å². The van der Waals surface area contributed by atoms with E-state index in [1.807, 2.05) is 12.2 Å². The first-order valence-electron chi connectivity index (χ1n) is 24.4. The Morgan fingerprint density at radius 2 is 0.922 bits per heavy atom. The molecule has 0 aromatic carbocycles. The number of unbranched alkanes of at least 4 members (excludes halogenated alkanes) is 14. The van der Waals surface area contributed by atoms with Crippen LogP contribution in [0.2, 0.25) is 0 Å². The summed E-state index contributed by atoms with van der Waals surface area (Å²) in [7, 11) is -5.05. The predicted octanol–water partition coefficient (Wildman–Crippen LogP) is 10.5. The Morgan fingerprint density at radius 3 is 1.41 bits per heavy atom. The highest BCUT2D eigenvalue weighted by Gasteiger charge is 2.51. The highest BCUT2D eigenvalue weighted by molar-refractivity contribution is 7.47. The molecule has 1 fully saturated rings. The summed E-state index contributed by atoms with van der Waals surface area (Å²) in [4.78, 5) is 23.2. The summed E-state index contributed by atoms with van der Waals surface area (Å²) in [6, 6.07) is 0. The zero-order valence-corrected chi connectivity index (χ0v) is 40.2. The van der Waals surface area contributed by atoms with Gasteiger partial charge in [-0.05, 0) is 77.0 Å². The summed E-state index contributed by atoms with van der Waals surface area (Å²) in [5.74, 6) is -0.562. The van der Waals surface area contributed by atoms with Crippen LogP contribution >= 0.6 is 7.82 Å². The van der Waals surface area contributed by atoms with E-state index in [4.69, 9.17) is 18.5 Å². The molecular weight excluding hydrogens is 836 g/mol. The van der Waals surface area contributed by atoms with Crippen LogP contribution in [0.15, 0.2) is 85.1 Å². The Balaban J connectivity index is 2.44. The minimum absolute atomic E-state index is 0.0560. The number of aliphatic hydroxyl groups excluding tert-OH is 5. The summed E-state index contributed by atoms with van der Waals surface area (Å²) in [6.07, 6.45) is 42.3. The van der Waals surface area contributed by atoms with Crippen LogP contribution in [0.1, 0.15) is 168 Å². The summed E-state index contributed by atoms with van der Waals surface area (Å²) in [5, 5.41) is 50.2. The number of ether oxygens (including phenoxy) is 2. The predicted molar refractivity (Wildman–Crippen MR) is 258 cm³/mol. The molecule has 64 heavy (non-hydrogen) atoms. The van der Waals surface area contributed by atoms with Gasteiger partial charge in [-0.2, -0.15) is 0 Å². The van der Waals surface area contributed by atoms with Crippen molar-refractivity contribution in [2.45, 2.75) is 211 Å². The standard InChI is InChI=1S/C51H87O12P/c1-3-5-7-9-11-13-15-17-19-21-23-24-26-28-30-32-34-36-38-40-45(52)62-44(43-61-64(58,59)63-51-49(56)47(54)46(53)48(55)50(51)57)42-60-41-39-37-35-33-31-29-27-25-22-20-18-16-14-12-10-8-6-4-2/h5,7,11,13,17-20,23-24,28,30,34,36,44,46-51,53-57H,3-4,6,8-10,12,14-16,21-22,25-27,29,31-33,35,37-43H2,1-2H3,(H,58,59)/b7-5-,13-11-,19-17-,20-18-,24-23-,30-28-,36-34-. The van der Waals surface area contributed by atoms with E-state index in [0.717, 1.165) is 64.2 Å². The number of carbonyl (C=O) groups is 1. The van der Waals surface area contributed by atoms with E-state index in [1.54, 1.807) is 0 Å². The zero-order valence-electron chi connectivity index (χ0n) is 39.3. The molecule has 0 aromatic heterocycles. The number of rotatable bonds is 40. The molecule has 6 N–H and O–H groups in total. The minimum Gasteiger partial charge on any atom is -0.457 e. The molecule has 0 heterocycles. The Bertz CT molecular complexity index is 1380. The number of hydrogen-bond donors (Lipinski definition) is 6. The molecule has 0 spiro atoms. The lowest BCUT2D eigenvalue weighted by Crippen LogP contribution is -2.64. The fourth-order valence-electron chi connectivity index (χ4n) is 6.90. The molecule has 0 aliphatic heterocycles. The van der Waals surface area contributed by atoms with Gasteiger partial charge in [0.05, 0.1) is 13.2 Å². The van der Waals surface area contributed by atoms with Crippen molar-refractivity contribution in [3.8, 4) is 0 Å². The third-order valence-electron chi connectivity index (χ3n) is 10.8. The van der Waals surface area contributed by atoms with Crippen LogP contribution in [0, 0.1) is 0 Å². The molecule has 368 valence electrons. The molecule has 0 radical (unpaired) electrons. The van der Waals surface area contributed by atoms with Crippen molar-refractivity contribution in [3.63, 3.8) is 0 Å². The Kier molecular flexibility index (Phi) is 37.9. The summed E-state index contributed by atoms with van der Waals surface area (Å²) in [5.41, 5.74) is 0. The van der Waals surface area contributed by atoms with E-state index >= 15 is 0 Å². The van der Waals surface area contributed by atoms with Crippen LogP contribution in [0.25, 0.3) is 0 Å². The molecule has 1 aliphatic rings. The van der Waals surface area contributed by atoms with Crippen LogP contribution in [0.5, 0.6) is 0 Å². The van der Waals surface area contributed by atoms with Crippen LogP contribution in [-0.4, -0.2) is 98.9 Å². The third-order valence-corrected chi connectivity index (χ3v) is 11.8. The van der Waals surface area contributed by atoms with Gasteiger partial charge >= 0.3 is 13.8 Å². The maximum Gasteiger partial charge on any atom is 0.472 e. The molecule has 12 nitrogen and oxygen atoms in total. The van der Waals surface area contributed by atoms with Crippen LogP contribution < -0.4 is 0 Å². The number of hydrogen-bond acceptors (Lipinski definition) is 11. The summed E-state index contributed by atoms with van der Waals surface area (Å²) in [6.45, 7) is 4.05. The van der Waals surface area contributed by atoms with Gasteiger partial charge in [0.15, 0.2) is 0 Å². The van der Waals surface area contributed by atoms with Gasteiger partial charge in [0.2, 0.25) is 0 Å². The average Bonchev–Trinajstić information content (AvgIpc) is 3.28. The Hall–Kier alpha value is -2.48. The van der Waals surface area contributed by atoms with Gasteiger partial charge in [0.1, 0.15) is 42.7 Å². The maximum atomic E-state index is 12.8. The minimum atomic E-state index is -5.05. The van der Waals surface area contributed by atoms with Gasteiger partial charge in [-0.3, -0.25) is 13.8 Å². The second-order valence-corrected chi connectivity index (χ2v) is 18.0. The number of phosphoric ester groups is 1. The highest BCUT2D eigenvalue weighted by Crippen LogP contribution is 2.47. The SMILES string of the molecule is CC/C=C\C/C=C\C/C=C\C/C=C\C/C=C\C/C=C\CCC(=O)OC(COCCCCCCCCCC/C=C\CCCCCCCC)COP(=O)(O)OC1C(O)C(O)C(O)C(O)C1O. The zero-order chi connectivity index (χ0) is 46.9. The lowest BCUT2D eigenvalue weighted by Gasteiger charge is -2.41. The van der Waals surface area contributed by atoms with Crippen molar-refractivity contribution in [1.29, 1.82) is 0 Å². The average molecular weight is 923 g/mol. The smallest absolute Gasteiger partial charge is 0.457 e. The van der Waals surface area contributed by atoms with E-state index in [2.05, 4.69) is 86.8 Å². The second kappa shape index (κ2) is 40.8. The van der Waals surface area contributed by atoms with E-state index in [9.17, 15) is 39.8 Å². The summed E-state index contributed by atoms with van der Waals surface area (Å²) >= 11 is 0. The largest absolute Gasteiger partial charge is 0.472 e. The summed E-state index contributed by atoms with van der Waals surface area (Å²) < 4.78 is 34.1.